The van der Waals surface area contributed by atoms with Crippen molar-refractivity contribution in [1.29, 1.82) is 0 Å². The molecule has 2 aromatic heterocycles. The molecule has 3 aromatic rings. The fourth-order valence-corrected chi connectivity index (χ4v) is 4.42. The van der Waals surface area contributed by atoms with E-state index in [1.54, 1.807) is 12.1 Å². The molecule has 0 atom stereocenters. The summed E-state index contributed by atoms with van der Waals surface area (Å²) in [5, 5.41) is 7.94. The summed E-state index contributed by atoms with van der Waals surface area (Å²) in [4.78, 5) is 1.71. The minimum absolute atomic E-state index is 0.260. The fraction of sp³-hybridized carbons (Fsp3) is 0.294. The summed E-state index contributed by atoms with van der Waals surface area (Å²) in [5.41, 5.74) is 0. The van der Waals surface area contributed by atoms with E-state index in [4.69, 9.17) is 8.83 Å². The zero-order valence-electron chi connectivity index (χ0n) is 14.3. The first-order valence-electron chi connectivity index (χ1n) is 8.37. The Morgan fingerprint density at radius 3 is 2.52 bits per heavy atom. The lowest BCUT2D eigenvalue weighted by Crippen LogP contribution is -2.48. The number of hydrogen-bond donors (Lipinski definition) is 0. The Morgan fingerprint density at radius 2 is 1.81 bits per heavy atom. The highest BCUT2D eigenvalue weighted by Crippen LogP contribution is 2.22. The number of furan rings is 1. The standard InChI is InChI=1S/C17H17FN4O4S/c18-13-4-1-2-6-15(13)27(23,24)22-9-7-21(8-10-22)12-16-19-20-17(26-16)14-5-3-11-25-14/h1-6,11H,7-10,12H2. The van der Waals surface area contributed by atoms with Gasteiger partial charge < -0.3 is 8.83 Å². The number of nitrogens with zero attached hydrogens (tertiary/aromatic N) is 4. The molecule has 1 fully saturated rings. The first-order valence-corrected chi connectivity index (χ1v) is 9.81. The van der Waals surface area contributed by atoms with Crippen molar-refractivity contribution in [3.63, 3.8) is 0 Å². The highest BCUT2D eigenvalue weighted by molar-refractivity contribution is 7.89. The van der Waals surface area contributed by atoms with E-state index in [1.165, 1.54) is 28.8 Å². The number of hydrogen-bond acceptors (Lipinski definition) is 7. The second kappa shape index (κ2) is 7.22. The van der Waals surface area contributed by atoms with Gasteiger partial charge >= 0.3 is 0 Å². The van der Waals surface area contributed by atoms with E-state index < -0.39 is 15.8 Å². The average Bonchev–Trinajstić information content (AvgIpc) is 3.34. The van der Waals surface area contributed by atoms with E-state index in [9.17, 15) is 12.8 Å². The molecule has 1 aliphatic rings. The lowest BCUT2D eigenvalue weighted by Gasteiger charge is -2.33. The second-order valence-electron chi connectivity index (χ2n) is 6.09. The van der Waals surface area contributed by atoms with Gasteiger partial charge in [-0.25, -0.2) is 12.8 Å². The number of halogens is 1. The summed E-state index contributed by atoms with van der Waals surface area (Å²) < 4.78 is 51.2. The van der Waals surface area contributed by atoms with Gasteiger partial charge in [0.15, 0.2) is 5.76 Å². The number of rotatable bonds is 5. The maximum absolute atomic E-state index is 13.9. The Balaban J connectivity index is 1.39. The second-order valence-corrected chi connectivity index (χ2v) is 8.00. The third kappa shape index (κ3) is 3.64. The van der Waals surface area contributed by atoms with E-state index in [0.29, 0.717) is 37.2 Å². The van der Waals surface area contributed by atoms with Crippen LogP contribution in [-0.2, 0) is 16.6 Å². The van der Waals surface area contributed by atoms with Gasteiger partial charge in [0.25, 0.3) is 5.89 Å². The van der Waals surface area contributed by atoms with E-state index in [1.807, 2.05) is 4.90 Å². The quantitative estimate of drug-likeness (QED) is 0.655. The zero-order chi connectivity index (χ0) is 18.9. The molecule has 0 radical (unpaired) electrons. The normalized spacial score (nSPS) is 16.6. The van der Waals surface area contributed by atoms with Crippen molar-refractivity contribution in [2.75, 3.05) is 26.2 Å². The fourth-order valence-electron chi connectivity index (χ4n) is 2.93. The monoisotopic (exact) mass is 392 g/mol. The average molecular weight is 392 g/mol. The maximum Gasteiger partial charge on any atom is 0.283 e. The third-order valence-electron chi connectivity index (χ3n) is 4.34. The molecular formula is C17H17FN4O4S. The maximum atomic E-state index is 13.9. The Hall–Kier alpha value is -2.56. The number of sulfonamides is 1. The molecule has 1 aromatic carbocycles. The number of piperazine rings is 1. The minimum atomic E-state index is -3.85. The van der Waals surface area contributed by atoms with Gasteiger partial charge in [0, 0.05) is 26.2 Å². The van der Waals surface area contributed by atoms with Crippen LogP contribution in [0.15, 0.2) is 56.4 Å². The van der Waals surface area contributed by atoms with Gasteiger partial charge in [0.1, 0.15) is 10.7 Å². The molecule has 10 heteroatoms. The molecule has 27 heavy (non-hydrogen) atoms. The smallest absolute Gasteiger partial charge is 0.283 e. The molecule has 4 rings (SSSR count). The molecule has 0 spiro atoms. The van der Waals surface area contributed by atoms with Crippen molar-refractivity contribution in [1.82, 2.24) is 19.4 Å². The van der Waals surface area contributed by atoms with Crippen LogP contribution in [0.5, 0.6) is 0 Å². The molecule has 1 saturated heterocycles. The largest absolute Gasteiger partial charge is 0.459 e. The molecule has 0 aliphatic carbocycles. The van der Waals surface area contributed by atoms with Crippen LogP contribution >= 0.6 is 0 Å². The molecule has 0 N–H and O–H groups in total. The molecular weight excluding hydrogens is 375 g/mol. The summed E-state index contributed by atoms with van der Waals surface area (Å²) in [6.07, 6.45) is 1.52. The van der Waals surface area contributed by atoms with Gasteiger partial charge in [-0.1, -0.05) is 12.1 Å². The van der Waals surface area contributed by atoms with Gasteiger partial charge in [0.05, 0.1) is 12.8 Å². The van der Waals surface area contributed by atoms with Crippen molar-refractivity contribution in [3.8, 4) is 11.7 Å². The summed E-state index contributed by atoms with van der Waals surface area (Å²) in [6, 6.07) is 8.87. The van der Waals surface area contributed by atoms with Gasteiger partial charge in [0.2, 0.25) is 15.9 Å². The predicted molar refractivity (Wildman–Crippen MR) is 92.4 cm³/mol. The number of benzene rings is 1. The first kappa shape index (κ1) is 17.8. The van der Waals surface area contributed by atoms with Crippen LogP contribution in [0.1, 0.15) is 5.89 Å². The summed E-state index contributed by atoms with van der Waals surface area (Å²) in [7, 11) is -3.85. The van der Waals surface area contributed by atoms with Crippen LogP contribution in [0.4, 0.5) is 4.39 Å². The van der Waals surface area contributed by atoms with Crippen LogP contribution in [0, 0.1) is 5.82 Å². The van der Waals surface area contributed by atoms with Crippen molar-refractivity contribution in [3.05, 3.63) is 54.4 Å². The van der Waals surface area contributed by atoms with E-state index in [2.05, 4.69) is 10.2 Å². The highest BCUT2D eigenvalue weighted by atomic mass is 32.2. The topological polar surface area (TPSA) is 92.7 Å². The SMILES string of the molecule is O=S(=O)(c1ccccc1F)N1CCN(Cc2nnc(-c3ccco3)o2)CC1. The molecule has 0 unspecified atom stereocenters. The van der Waals surface area contributed by atoms with Gasteiger partial charge in [-0.3, -0.25) is 4.90 Å². The zero-order valence-corrected chi connectivity index (χ0v) is 15.1. The van der Waals surface area contributed by atoms with E-state index in [-0.39, 0.29) is 18.0 Å². The van der Waals surface area contributed by atoms with Crippen LogP contribution in [-0.4, -0.2) is 54.0 Å². The van der Waals surface area contributed by atoms with Crippen LogP contribution in [0.25, 0.3) is 11.7 Å². The van der Waals surface area contributed by atoms with Crippen molar-refractivity contribution in [2.24, 2.45) is 0 Å². The molecule has 0 amide bonds. The molecule has 8 nitrogen and oxygen atoms in total. The van der Waals surface area contributed by atoms with Crippen LogP contribution in [0.2, 0.25) is 0 Å². The Bertz CT molecular complexity index is 1010. The minimum Gasteiger partial charge on any atom is -0.459 e. The Labute approximate surface area is 155 Å². The molecule has 1 aliphatic heterocycles. The molecule has 3 heterocycles. The first-order chi connectivity index (χ1) is 13.0. The molecule has 0 saturated carbocycles. The summed E-state index contributed by atoms with van der Waals surface area (Å²) in [5.74, 6) is 0.480. The predicted octanol–water partition coefficient (Wildman–Crippen LogP) is 1.98. The van der Waals surface area contributed by atoms with Gasteiger partial charge in [-0.05, 0) is 24.3 Å². The Morgan fingerprint density at radius 1 is 1.04 bits per heavy atom. The van der Waals surface area contributed by atoms with Gasteiger partial charge in [-0.2, -0.15) is 4.31 Å². The van der Waals surface area contributed by atoms with Crippen molar-refractivity contribution in [2.45, 2.75) is 11.4 Å². The number of aromatic nitrogens is 2. The summed E-state index contributed by atoms with van der Waals surface area (Å²) >= 11 is 0. The lowest BCUT2D eigenvalue weighted by atomic mass is 10.3. The van der Waals surface area contributed by atoms with E-state index >= 15 is 0 Å². The summed E-state index contributed by atoms with van der Waals surface area (Å²) in [6.45, 7) is 1.88. The van der Waals surface area contributed by atoms with Crippen molar-refractivity contribution >= 4 is 10.0 Å². The van der Waals surface area contributed by atoms with Crippen LogP contribution in [0.3, 0.4) is 0 Å². The lowest BCUT2D eigenvalue weighted by molar-refractivity contribution is 0.168. The Kier molecular flexibility index (Phi) is 4.77. The highest BCUT2D eigenvalue weighted by Gasteiger charge is 2.30. The van der Waals surface area contributed by atoms with Gasteiger partial charge in [-0.15, -0.1) is 10.2 Å². The van der Waals surface area contributed by atoms with E-state index in [0.717, 1.165) is 6.07 Å². The third-order valence-corrected chi connectivity index (χ3v) is 6.28. The van der Waals surface area contributed by atoms with Crippen LogP contribution < -0.4 is 0 Å². The van der Waals surface area contributed by atoms with Crippen molar-refractivity contribution < 1.29 is 21.6 Å². The molecule has 0 bridgehead atoms. The molecule has 142 valence electrons.